The van der Waals surface area contributed by atoms with Crippen LogP contribution in [0, 0.1) is 0 Å². The fraction of sp³-hybridized carbons (Fsp3) is 0.385. The third-order valence-electron chi connectivity index (χ3n) is 2.82. The first-order valence-corrected chi connectivity index (χ1v) is 5.68. The summed E-state index contributed by atoms with van der Waals surface area (Å²) in [6.45, 7) is 2.12. The molecule has 3 heteroatoms. The predicted molar refractivity (Wildman–Crippen MR) is 65.6 cm³/mol. The highest BCUT2D eigenvalue weighted by atomic mass is 16.1. The minimum absolute atomic E-state index is 0.0344. The van der Waals surface area contributed by atoms with Crippen LogP contribution in [-0.4, -0.2) is 9.55 Å². The summed E-state index contributed by atoms with van der Waals surface area (Å²) in [5, 5.41) is 0. The molecule has 0 saturated carbocycles. The lowest BCUT2D eigenvalue weighted by Crippen LogP contribution is -2.23. The maximum Gasteiger partial charge on any atom is 0.272 e. The minimum atomic E-state index is 0.0344. The fourth-order valence-corrected chi connectivity index (χ4v) is 1.85. The Hall–Kier alpha value is -1.64. The van der Waals surface area contributed by atoms with Gasteiger partial charge in [0.05, 0.1) is 11.0 Å². The third-order valence-corrected chi connectivity index (χ3v) is 2.82. The van der Waals surface area contributed by atoms with Gasteiger partial charge in [-0.2, -0.15) is 0 Å². The van der Waals surface area contributed by atoms with Gasteiger partial charge in [-0.1, -0.05) is 25.5 Å². The van der Waals surface area contributed by atoms with E-state index >= 15 is 0 Å². The fourth-order valence-electron chi connectivity index (χ4n) is 1.85. The van der Waals surface area contributed by atoms with Crippen molar-refractivity contribution in [1.82, 2.24) is 9.55 Å². The third kappa shape index (κ3) is 1.85. The monoisotopic (exact) mass is 216 g/mol. The van der Waals surface area contributed by atoms with Crippen molar-refractivity contribution >= 4 is 11.0 Å². The van der Waals surface area contributed by atoms with Crippen LogP contribution in [0.2, 0.25) is 0 Å². The van der Waals surface area contributed by atoms with Gasteiger partial charge in [0.2, 0.25) is 0 Å². The van der Waals surface area contributed by atoms with Gasteiger partial charge < -0.3 is 4.57 Å². The van der Waals surface area contributed by atoms with Crippen molar-refractivity contribution in [2.24, 2.45) is 7.05 Å². The average molecular weight is 216 g/mol. The van der Waals surface area contributed by atoms with Gasteiger partial charge in [0.25, 0.3) is 5.56 Å². The second kappa shape index (κ2) is 4.47. The molecule has 0 aliphatic heterocycles. The zero-order valence-electron chi connectivity index (χ0n) is 9.73. The van der Waals surface area contributed by atoms with E-state index in [2.05, 4.69) is 11.9 Å². The maximum absolute atomic E-state index is 12.0. The smallest absolute Gasteiger partial charge is 0.272 e. The molecule has 0 bridgehead atoms. The topological polar surface area (TPSA) is 34.9 Å². The Balaban J connectivity index is 2.60. The summed E-state index contributed by atoms with van der Waals surface area (Å²) < 4.78 is 1.69. The number of aromatic nitrogens is 2. The molecule has 0 amide bonds. The molecule has 0 aliphatic carbocycles. The molecule has 0 aliphatic rings. The molecular weight excluding hydrogens is 200 g/mol. The van der Waals surface area contributed by atoms with E-state index in [1.165, 1.54) is 0 Å². The van der Waals surface area contributed by atoms with Crippen LogP contribution in [-0.2, 0) is 13.5 Å². The number of hydrogen-bond acceptors (Lipinski definition) is 2. The highest BCUT2D eigenvalue weighted by Gasteiger charge is 2.06. The number of aryl methyl sites for hydroxylation is 2. The number of hydrogen-bond donors (Lipinski definition) is 0. The van der Waals surface area contributed by atoms with Gasteiger partial charge in [0, 0.05) is 7.05 Å². The molecular formula is C13H16N2O. The molecule has 0 atom stereocenters. The first kappa shape index (κ1) is 10.9. The Morgan fingerprint density at radius 3 is 2.81 bits per heavy atom. The number of nitrogens with zero attached hydrogens (tertiary/aromatic N) is 2. The largest absolute Gasteiger partial charge is 0.308 e. The molecule has 0 N–H and O–H groups in total. The summed E-state index contributed by atoms with van der Waals surface area (Å²) >= 11 is 0. The van der Waals surface area contributed by atoms with Crippen molar-refractivity contribution in [3.8, 4) is 0 Å². The Bertz CT molecular complexity index is 557. The summed E-state index contributed by atoms with van der Waals surface area (Å²) in [7, 11) is 1.81. The van der Waals surface area contributed by atoms with Crippen LogP contribution in [0.4, 0.5) is 0 Å². The van der Waals surface area contributed by atoms with E-state index in [0.717, 1.165) is 30.3 Å². The predicted octanol–water partition coefficient (Wildman–Crippen LogP) is 2.28. The van der Waals surface area contributed by atoms with E-state index in [0.29, 0.717) is 5.69 Å². The summed E-state index contributed by atoms with van der Waals surface area (Å²) in [6.07, 6.45) is 2.87. The molecule has 0 spiro atoms. The molecule has 0 fully saturated rings. The van der Waals surface area contributed by atoms with E-state index in [-0.39, 0.29) is 5.56 Å². The molecule has 1 aromatic carbocycles. The number of fused-ring (bicyclic) bond motifs is 1. The van der Waals surface area contributed by atoms with Crippen molar-refractivity contribution in [2.45, 2.75) is 26.2 Å². The quantitative estimate of drug-likeness (QED) is 0.789. The number of unbranched alkanes of at least 4 members (excludes halogenated alkanes) is 1. The lowest BCUT2D eigenvalue weighted by atomic mass is 10.2. The first-order valence-electron chi connectivity index (χ1n) is 5.68. The Morgan fingerprint density at radius 1 is 1.31 bits per heavy atom. The van der Waals surface area contributed by atoms with E-state index in [4.69, 9.17) is 0 Å². The highest BCUT2D eigenvalue weighted by molar-refractivity contribution is 5.74. The summed E-state index contributed by atoms with van der Waals surface area (Å²) in [5.41, 5.74) is 2.51. The van der Waals surface area contributed by atoms with Gasteiger partial charge in [-0.25, -0.2) is 4.98 Å². The zero-order chi connectivity index (χ0) is 11.5. The van der Waals surface area contributed by atoms with E-state index in [1.54, 1.807) is 4.57 Å². The van der Waals surface area contributed by atoms with Gasteiger partial charge in [-0.05, 0) is 25.0 Å². The van der Waals surface area contributed by atoms with Crippen LogP contribution in [0.1, 0.15) is 25.5 Å². The van der Waals surface area contributed by atoms with Crippen LogP contribution < -0.4 is 5.56 Å². The van der Waals surface area contributed by atoms with Crippen molar-refractivity contribution in [3.05, 3.63) is 40.3 Å². The van der Waals surface area contributed by atoms with Gasteiger partial charge in [0.1, 0.15) is 5.69 Å². The lowest BCUT2D eigenvalue weighted by Gasteiger charge is -2.06. The molecule has 2 aromatic rings. The Labute approximate surface area is 94.7 Å². The standard InChI is InChI=1S/C13H16N2O/c1-3-4-7-11-13(16)15(2)12-9-6-5-8-10(12)14-11/h5-6,8-9H,3-4,7H2,1-2H3. The van der Waals surface area contributed by atoms with Crippen molar-refractivity contribution in [1.29, 1.82) is 0 Å². The first-order chi connectivity index (χ1) is 7.74. The lowest BCUT2D eigenvalue weighted by molar-refractivity contribution is 0.750. The van der Waals surface area contributed by atoms with Crippen LogP contribution in [0.3, 0.4) is 0 Å². The molecule has 16 heavy (non-hydrogen) atoms. The number of para-hydroxylation sites is 2. The number of benzene rings is 1. The minimum Gasteiger partial charge on any atom is -0.308 e. The van der Waals surface area contributed by atoms with Crippen molar-refractivity contribution in [2.75, 3.05) is 0 Å². The van der Waals surface area contributed by atoms with Gasteiger partial charge in [-0.3, -0.25) is 4.79 Å². The Kier molecular flexibility index (Phi) is 3.04. The maximum atomic E-state index is 12.0. The summed E-state index contributed by atoms with van der Waals surface area (Å²) in [5.74, 6) is 0. The van der Waals surface area contributed by atoms with Crippen molar-refractivity contribution in [3.63, 3.8) is 0 Å². The van der Waals surface area contributed by atoms with Crippen LogP contribution in [0.5, 0.6) is 0 Å². The second-order valence-electron chi connectivity index (χ2n) is 4.01. The molecule has 2 rings (SSSR count). The van der Waals surface area contributed by atoms with Gasteiger partial charge in [0.15, 0.2) is 0 Å². The van der Waals surface area contributed by atoms with E-state index in [9.17, 15) is 4.79 Å². The summed E-state index contributed by atoms with van der Waals surface area (Å²) in [4.78, 5) is 16.4. The molecule has 3 nitrogen and oxygen atoms in total. The zero-order valence-corrected chi connectivity index (χ0v) is 9.73. The molecule has 1 aromatic heterocycles. The molecule has 0 radical (unpaired) electrons. The SMILES string of the molecule is CCCCc1nc2ccccc2n(C)c1=O. The molecule has 1 heterocycles. The normalized spacial score (nSPS) is 10.9. The van der Waals surface area contributed by atoms with Gasteiger partial charge >= 0.3 is 0 Å². The number of rotatable bonds is 3. The molecule has 0 saturated heterocycles. The Morgan fingerprint density at radius 2 is 2.06 bits per heavy atom. The highest BCUT2D eigenvalue weighted by Crippen LogP contribution is 2.09. The summed E-state index contributed by atoms with van der Waals surface area (Å²) in [6, 6.07) is 7.75. The van der Waals surface area contributed by atoms with E-state index in [1.807, 2.05) is 31.3 Å². The van der Waals surface area contributed by atoms with Crippen LogP contribution in [0.15, 0.2) is 29.1 Å². The van der Waals surface area contributed by atoms with Crippen LogP contribution >= 0.6 is 0 Å². The van der Waals surface area contributed by atoms with Crippen molar-refractivity contribution < 1.29 is 0 Å². The van der Waals surface area contributed by atoms with E-state index < -0.39 is 0 Å². The second-order valence-corrected chi connectivity index (χ2v) is 4.01. The van der Waals surface area contributed by atoms with Gasteiger partial charge in [-0.15, -0.1) is 0 Å². The van der Waals surface area contributed by atoms with Crippen LogP contribution in [0.25, 0.3) is 11.0 Å². The average Bonchev–Trinajstić information content (AvgIpc) is 2.32. The molecule has 0 unspecified atom stereocenters. The molecule has 84 valence electrons.